The molecular weight excluding hydrogens is 162 g/mol. The van der Waals surface area contributed by atoms with E-state index in [9.17, 15) is 0 Å². The van der Waals surface area contributed by atoms with Crippen molar-refractivity contribution in [1.82, 2.24) is 14.8 Å². The van der Waals surface area contributed by atoms with Gasteiger partial charge in [0.15, 0.2) is 0 Å². The Morgan fingerprint density at radius 2 is 2.36 bits per heavy atom. The van der Waals surface area contributed by atoms with Crippen molar-refractivity contribution in [2.75, 3.05) is 11.9 Å². The molecule has 1 rings (SSSR count). The molecule has 1 aromatic heterocycles. The van der Waals surface area contributed by atoms with Gasteiger partial charge in [-0.05, 0) is 19.1 Å². The van der Waals surface area contributed by atoms with Crippen LogP contribution in [0.1, 0.15) is 13.8 Å². The molecule has 62 valence electrons. The van der Waals surface area contributed by atoms with E-state index in [0.717, 1.165) is 0 Å². The minimum absolute atomic E-state index is 0.230. The third-order valence-electron chi connectivity index (χ3n) is 0.995. The van der Waals surface area contributed by atoms with Crippen LogP contribution in [0.25, 0.3) is 0 Å². The second kappa shape index (κ2) is 3.10. The Hall–Kier alpha value is -0.750. The molecule has 1 aromatic rings. The minimum atomic E-state index is -0.230. The maximum Gasteiger partial charge on any atom is 0.225 e. The van der Waals surface area contributed by atoms with Gasteiger partial charge in [0.05, 0.1) is 0 Å². The number of nitrogens with zero attached hydrogens (tertiary/aromatic N) is 3. The molecule has 0 unspecified atom stereocenters. The fraction of sp³-hybridized carbons (Fsp3) is 0.800. The van der Waals surface area contributed by atoms with E-state index in [0.29, 0.717) is 11.7 Å². The third-order valence-corrected chi connectivity index (χ3v) is 1.55. The topological polar surface area (TPSA) is 76.7 Å². The van der Waals surface area contributed by atoms with Crippen molar-refractivity contribution in [2.24, 2.45) is 5.73 Å². The molecule has 0 aliphatic rings. The standard InChI is InChI=1S/C5H11N5S/c1-5(2,6)3-7-4-8-9-10-11-4/h3,6H2,1-2H3,(H,7,8,10). The zero-order valence-corrected chi connectivity index (χ0v) is 7.35. The van der Waals surface area contributed by atoms with Gasteiger partial charge >= 0.3 is 0 Å². The Bertz CT molecular complexity index is 201. The molecule has 1 heterocycles. The first-order valence-electron chi connectivity index (χ1n) is 3.26. The van der Waals surface area contributed by atoms with E-state index in [1.807, 2.05) is 13.8 Å². The fourth-order valence-electron chi connectivity index (χ4n) is 0.505. The van der Waals surface area contributed by atoms with Crippen LogP contribution in [0.3, 0.4) is 0 Å². The summed E-state index contributed by atoms with van der Waals surface area (Å²) in [5.74, 6) is 0. The van der Waals surface area contributed by atoms with Gasteiger partial charge in [0.2, 0.25) is 5.13 Å². The summed E-state index contributed by atoms with van der Waals surface area (Å²) in [4.78, 5) is 0. The molecule has 0 saturated carbocycles. The Morgan fingerprint density at radius 3 is 2.82 bits per heavy atom. The summed E-state index contributed by atoms with van der Waals surface area (Å²) >= 11 is 1.22. The largest absolute Gasteiger partial charge is 0.357 e. The van der Waals surface area contributed by atoms with E-state index in [4.69, 9.17) is 5.73 Å². The number of hydrogen-bond acceptors (Lipinski definition) is 6. The van der Waals surface area contributed by atoms with E-state index < -0.39 is 0 Å². The summed E-state index contributed by atoms with van der Waals surface area (Å²) in [7, 11) is 0. The Morgan fingerprint density at radius 1 is 1.64 bits per heavy atom. The number of hydrogen-bond donors (Lipinski definition) is 2. The average molecular weight is 173 g/mol. The zero-order valence-electron chi connectivity index (χ0n) is 6.53. The lowest BCUT2D eigenvalue weighted by Gasteiger charge is -2.17. The van der Waals surface area contributed by atoms with Gasteiger partial charge in [-0.1, -0.05) is 9.59 Å². The molecule has 11 heavy (non-hydrogen) atoms. The van der Waals surface area contributed by atoms with E-state index in [-0.39, 0.29) is 5.54 Å². The second-order valence-electron chi connectivity index (χ2n) is 3.01. The van der Waals surface area contributed by atoms with Crippen molar-refractivity contribution >= 4 is 16.7 Å². The summed E-state index contributed by atoms with van der Waals surface area (Å²) in [5, 5.41) is 10.9. The number of aromatic nitrogens is 3. The van der Waals surface area contributed by atoms with Gasteiger partial charge in [-0.15, -0.1) is 0 Å². The quantitative estimate of drug-likeness (QED) is 0.677. The summed E-state index contributed by atoms with van der Waals surface area (Å²) in [5.41, 5.74) is 5.50. The first-order valence-corrected chi connectivity index (χ1v) is 4.03. The molecular formula is C5H11N5S. The van der Waals surface area contributed by atoms with Crippen LogP contribution in [0.5, 0.6) is 0 Å². The van der Waals surface area contributed by atoms with E-state index in [1.54, 1.807) is 0 Å². The molecule has 6 heteroatoms. The van der Waals surface area contributed by atoms with Gasteiger partial charge in [0.25, 0.3) is 0 Å². The number of nitrogens with one attached hydrogen (secondary N) is 1. The molecule has 3 N–H and O–H groups in total. The number of rotatable bonds is 3. The maximum absolute atomic E-state index is 5.73. The average Bonchev–Trinajstić information content (AvgIpc) is 2.32. The van der Waals surface area contributed by atoms with Crippen LogP contribution in [0.2, 0.25) is 0 Å². The van der Waals surface area contributed by atoms with Crippen LogP contribution in [0.4, 0.5) is 5.13 Å². The van der Waals surface area contributed by atoms with Gasteiger partial charge in [-0.2, -0.15) is 0 Å². The van der Waals surface area contributed by atoms with Crippen molar-refractivity contribution in [3.63, 3.8) is 0 Å². The van der Waals surface area contributed by atoms with Crippen LogP contribution >= 0.6 is 11.5 Å². The van der Waals surface area contributed by atoms with Gasteiger partial charge in [0.1, 0.15) is 0 Å². The molecule has 0 radical (unpaired) electrons. The summed E-state index contributed by atoms with van der Waals surface area (Å²) in [6.07, 6.45) is 0. The third kappa shape index (κ3) is 3.24. The maximum atomic E-state index is 5.73. The Kier molecular flexibility index (Phi) is 2.35. The number of anilines is 1. The molecule has 0 aliphatic heterocycles. The van der Waals surface area contributed by atoms with Crippen LogP contribution in [-0.4, -0.2) is 26.9 Å². The fourth-order valence-corrected chi connectivity index (χ4v) is 0.865. The van der Waals surface area contributed by atoms with Gasteiger partial charge < -0.3 is 11.1 Å². The SMILES string of the molecule is CC(C)(N)CNc1nnns1. The summed E-state index contributed by atoms with van der Waals surface area (Å²) in [6.45, 7) is 4.55. The van der Waals surface area contributed by atoms with Crippen molar-refractivity contribution in [1.29, 1.82) is 0 Å². The number of nitrogens with two attached hydrogens (primary N) is 1. The highest BCUT2D eigenvalue weighted by Gasteiger charge is 2.10. The highest BCUT2D eigenvalue weighted by atomic mass is 32.1. The molecule has 0 spiro atoms. The van der Waals surface area contributed by atoms with Crippen molar-refractivity contribution in [3.05, 3.63) is 0 Å². The predicted molar refractivity (Wildman–Crippen MR) is 44.5 cm³/mol. The van der Waals surface area contributed by atoms with E-state index >= 15 is 0 Å². The minimum Gasteiger partial charge on any atom is -0.357 e. The second-order valence-corrected chi connectivity index (χ2v) is 3.74. The lowest BCUT2D eigenvalue weighted by Crippen LogP contribution is -2.39. The van der Waals surface area contributed by atoms with Gasteiger partial charge in [-0.25, -0.2) is 0 Å². The van der Waals surface area contributed by atoms with Gasteiger partial charge in [0, 0.05) is 23.6 Å². The van der Waals surface area contributed by atoms with E-state index in [1.165, 1.54) is 11.5 Å². The van der Waals surface area contributed by atoms with Crippen molar-refractivity contribution in [2.45, 2.75) is 19.4 Å². The van der Waals surface area contributed by atoms with Crippen LogP contribution in [-0.2, 0) is 0 Å². The normalized spacial score (nSPS) is 11.5. The summed E-state index contributed by atoms with van der Waals surface area (Å²) < 4.78 is 3.60. The smallest absolute Gasteiger partial charge is 0.225 e. The lowest BCUT2D eigenvalue weighted by atomic mass is 10.1. The van der Waals surface area contributed by atoms with Crippen molar-refractivity contribution in [3.8, 4) is 0 Å². The lowest BCUT2D eigenvalue weighted by molar-refractivity contribution is 0.549. The highest BCUT2D eigenvalue weighted by Crippen LogP contribution is 2.06. The first kappa shape index (κ1) is 8.35. The first-order chi connectivity index (χ1) is 5.08. The van der Waals surface area contributed by atoms with Crippen molar-refractivity contribution < 1.29 is 0 Å². The van der Waals surface area contributed by atoms with Crippen LogP contribution < -0.4 is 11.1 Å². The molecule has 0 amide bonds. The Balaban J connectivity index is 2.35. The van der Waals surface area contributed by atoms with Gasteiger partial charge in [-0.3, -0.25) is 0 Å². The highest BCUT2D eigenvalue weighted by molar-refractivity contribution is 7.09. The predicted octanol–water partition coefficient (Wildman–Crippen LogP) is 0.0823. The molecule has 0 saturated heterocycles. The monoisotopic (exact) mass is 173 g/mol. The molecule has 0 bridgehead atoms. The molecule has 0 aliphatic carbocycles. The van der Waals surface area contributed by atoms with E-state index in [2.05, 4.69) is 20.1 Å². The zero-order chi connectivity index (χ0) is 8.32. The summed E-state index contributed by atoms with van der Waals surface area (Å²) in [6, 6.07) is 0. The Labute approximate surface area is 69.2 Å². The molecule has 0 atom stereocenters. The van der Waals surface area contributed by atoms with Crippen LogP contribution in [0, 0.1) is 0 Å². The molecule has 5 nitrogen and oxygen atoms in total. The van der Waals surface area contributed by atoms with Crippen LogP contribution in [0.15, 0.2) is 0 Å². The molecule has 0 fully saturated rings. The molecule has 0 aromatic carbocycles.